The third-order valence-electron chi connectivity index (χ3n) is 4.58. The molecular weight excluding hydrogens is 308 g/mol. The van der Waals surface area contributed by atoms with Crippen LogP contribution in [-0.4, -0.2) is 22.9 Å². The first kappa shape index (κ1) is 15.5. The van der Waals surface area contributed by atoms with Gasteiger partial charge in [0, 0.05) is 12.8 Å². The van der Waals surface area contributed by atoms with Crippen LogP contribution in [0.4, 0.5) is 5.82 Å². The minimum Gasteiger partial charge on any atom is -0.297 e. The molecule has 3 aromatic rings. The van der Waals surface area contributed by atoms with Crippen LogP contribution in [-0.2, 0) is 12.8 Å². The summed E-state index contributed by atoms with van der Waals surface area (Å²) in [4.78, 5) is 12.4. The lowest BCUT2D eigenvalue weighted by atomic mass is 10.1. The van der Waals surface area contributed by atoms with Crippen molar-refractivity contribution >= 4 is 12.2 Å². The highest BCUT2D eigenvalue weighted by atomic mass is 15.4. The quantitative estimate of drug-likeness (QED) is 0.681. The number of quaternary nitrogens is 1. The molecule has 4 nitrogen and oxygen atoms in total. The fraction of sp³-hybridized carbons (Fsp3) is 0.143. The molecule has 4 rings (SSSR count). The molecule has 1 N–H and O–H groups in total. The third kappa shape index (κ3) is 3.44. The highest BCUT2D eigenvalue weighted by Crippen LogP contribution is 2.24. The molecule has 2 aromatic carbocycles. The standard InChI is InChI=1S/C21H21N4/c1-3-7-18(8-4-1)11-13-25(14-12-22-17-25)21-16-23-20(24-21)15-19-9-5-2-6-10-19/h1-10,12,14,16-17H,11,13,15H2,(H,23,24)/q+1. The second kappa shape index (κ2) is 6.87. The summed E-state index contributed by atoms with van der Waals surface area (Å²) in [6.07, 6.45) is 9.67. The van der Waals surface area contributed by atoms with Crippen LogP contribution in [0.15, 0.2) is 84.3 Å². The summed E-state index contributed by atoms with van der Waals surface area (Å²) in [6, 6.07) is 21.0. The normalized spacial score (nSPS) is 18.7. The van der Waals surface area contributed by atoms with Crippen molar-refractivity contribution in [3.8, 4) is 0 Å². The fourth-order valence-electron chi connectivity index (χ4n) is 3.15. The van der Waals surface area contributed by atoms with Gasteiger partial charge in [0.05, 0.1) is 12.7 Å². The number of aromatic nitrogens is 2. The molecule has 0 radical (unpaired) electrons. The van der Waals surface area contributed by atoms with E-state index in [2.05, 4.69) is 75.8 Å². The van der Waals surface area contributed by atoms with E-state index in [1.54, 1.807) is 0 Å². The molecule has 2 heterocycles. The molecule has 0 spiro atoms. The number of nitrogens with zero attached hydrogens (tertiary/aromatic N) is 3. The van der Waals surface area contributed by atoms with Gasteiger partial charge in [0.1, 0.15) is 18.2 Å². The van der Waals surface area contributed by atoms with Crippen molar-refractivity contribution < 1.29 is 0 Å². The number of hydrogen-bond donors (Lipinski definition) is 1. The highest BCUT2D eigenvalue weighted by Gasteiger charge is 2.31. The first-order chi connectivity index (χ1) is 12.3. The number of H-pyrrole nitrogens is 1. The second-order valence-electron chi connectivity index (χ2n) is 6.33. The minimum atomic E-state index is 0.580. The Morgan fingerprint density at radius 1 is 0.880 bits per heavy atom. The molecule has 0 amide bonds. The lowest BCUT2D eigenvalue weighted by Gasteiger charge is -2.24. The van der Waals surface area contributed by atoms with Crippen molar-refractivity contribution in [1.29, 1.82) is 0 Å². The summed E-state index contributed by atoms with van der Waals surface area (Å²) in [5.74, 6) is 2.03. The van der Waals surface area contributed by atoms with Gasteiger partial charge in [-0.15, -0.1) is 0 Å². The average molecular weight is 329 g/mol. The number of imidazole rings is 1. The van der Waals surface area contributed by atoms with Gasteiger partial charge in [0.25, 0.3) is 0 Å². The molecule has 0 fully saturated rings. The Morgan fingerprint density at radius 3 is 2.28 bits per heavy atom. The summed E-state index contributed by atoms with van der Waals surface area (Å²) < 4.78 is 0.580. The Balaban J connectivity index is 1.53. The van der Waals surface area contributed by atoms with Crippen LogP contribution in [0.5, 0.6) is 0 Å². The van der Waals surface area contributed by atoms with Gasteiger partial charge in [0.2, 0.25) is 12.2 Å². The van der Waals surface area contributed by atoms with Crippen LogP contribution in [0.3, 0.4) is 0 Å². The van der Waals surface area contributed by atoms with E-state index in [1.165, 1.54) is 11.1 Å². The van der Waals surface area contributed by atoms with Gasteiger partial charge in [-0.25, -0.2) is 14.5 Å². The Morgan fingerprint density at radius 2 is 1.60 bits per heavy atom. The Labute approximate surface area is 147 Å². The third-order valence-corrected chi connectivity index (χ3v) is 4.58. The van der Waals surface area contributed by atoms with E-state index in [0.29, 0.717) is 4.48 Å². The van der Waals surface area contributed by atoms with Crippen molar-refractivity contribution in [2.24, 2.45) is 4.99 Å². The first-order valence-corrected chi connectivity index (χ1v) is 8.56. The monoisotopic (exact) mass is 329 g/mol. The van der Waals surface area contributed by atoms with E-state index in [9.17, 15) is 0 Å². The average Bonchev–Trinajstić information content (AvgIpc) is 3.32. The molecule has 0 saturated carbocycles. The van der Waals surface area contributed by atoms with Gasteiger partial charge in [0.15, 0.2) is 0 Å². The predicted molar refractivity (Wildman–Crippen MR) is 102 cm³/mol. The summed E-state index contributed by atoms with van der Waals surface area (Å²) in [5, 5.41) is 0. The highest BCUT2D eigenvalue weighted by molar-refractivity contribution is 5.76. The van der Waals surface area contributed by atoms with Crippen molar-refractivity contribution in [2.75, 3.05) is 6.54 Å². The van der Waals surface area contributed by atoms with Crippen molar-refractivity contribution in [3.63, 3.8) is 0 Å². The molecule has 4 heteroatoms. The van der Waals surface area contributed by atoms with E-state index < -0.39 is 0 Å². The van der Waals surface area contributed by atoms with Gasteiger partial charge in [-0.3, -0.25) is 4.98 Å². The maximum Gasteiger partial charge on any atom is 0.236 e. The molecule has 124 valence electrons. The SMILES string of the molecule is C1=C[N+](CCc2ccccc2)(c2cnc(Cc3ccccc3)[nH]2)C=N1. The van der Waals surface area contributed by atoms with Crippen LogP contribution < -0.4 is 4.48 Å². The smallest absolute Gasteiger partial charge is 0.236 e. The second-order valence-corrected chi connectivity index (χ2v) is 6.33. The fourth-order valence-corrected chi connectivity index (χ4v) is 3.15. The van der Waals surface area contributed by atoms with Crippen molar-refractivity contribution in [1.82, 2.24) is 14.5 Å². The van der Waals surface area contributed by atoms with E-state index in [-0.39, 0.29) is 0 Å². The topological polar surface area (TPSA) is 41.0 Å². The lowest BCUT2D eigenvalue weighted by Crippen LogP contribution is -2.42. The van der Waals surface area contributed by atoms with Crippen LogP contribution in [0.25, 0.3) is 0 Å². The van der Waals surface area contributed by atoms with Gasteiger partial charge in [-0.2, -0.15) is 0 Å². The zero-order valence-corrected chi connectivity index (χ0v) is 14.0. The van der Waals surface area contributed by atoms with Gasteiger partial charge in [-0.1, -0.05) is 60.7 Å². The maximum absolute atomic E-state index is 4.59. The Hall–Kier alpha value is -2.98. The van der Waals surface area contributed by atoms with Gasteiger partial charge in [-0.05, 0) is 11.1 Å². The molecule has 1 aromatic heterocycles. The number of hydrogen-bond acceptors (Lipinski definition) is 2. The lowest BCUT2D eigenvalue weighted by molar-refractivity contribution is 0.548. The largest absolute Gasteiger partial charge is 0.297 e. The molecule has 1 unspecified atom stereocenters. The number of rotatable bonds is 6. The van der Waals surface area contributed by atoms with Crippen LogP contribution in [0.2, 0.25) is 0 Å². The maximum atomic E-state index is 4.59. The zero-order valence-electron chi connectivity index (χ0n) is 14.0. The molecular formula is C21H21N4+. The van der Waals surface area contributed by atoms with E-state index in [4.69, 9.17) is 0 Å². The van der Waals surface area contributed by atoms with Gasteiger partial charge >= 0.3 is 0 Å². The van der Waals surface area contributed by atoms with Crippen molar-refractivity contribution in [2.45, 2.75) is 12.8 Å². The van der Waals surface area contributed by atoms with Crippen LogP contribution >= 0.6 is 0 Å². The zero-order chi connectivity index (χ0) is 17.0. The molecule has 0 saturated heterocycles. The molecule has 25 heavy (non-hydrogen) atoms. The summed E-state index contributed by atoms with van der Waals surface area (Å²) in [5.41, 5.74) is 2.59. The molecule has 0 bridgehead atoms. The molecule has 0 aliphatic carbocycles. The van der Waals surface area contributed by atoms with Crippen LogP contribution in [0, 0.1) is 0 Å². The van der Waals surface area contributed by atoms with Crippen LogP contribution in [0.1, 0.15) is 17.0 Å². The first-order valence-electron chi connectivity index (χ1n) is 8.56. The summed E-state index contributed by atoms with van der Waals surface area (Å²) >= 11 is 0. The van der Waals surface area contributed by atoms with Gasteiger partial charge < -0.3 is 0 Å². The Kier molecular flexibility index (Phi) is 4.27. The predicted octanol–water partition coefficient (Wildman–Crippen LogP) is 4.06. The van der Waals surface area contributed by atoms with E-state index >= 15 is 0 Å². The van der Waals surface area contributed by atoms with Crippen molar-refractivity contribution in [3.05, 3.63) is 96.2 Å². The summed E-state index contributed by atoms with van der Waals surface area (Å²) in [6.45, 7) is 0.914. The van der Waals surface area contributed by atoms with E-state index in [1.807, 2.05) is 24.8 Å². The summed E-state index contributed by atoms with van der Waals surface area (Å²) in [7, 11) is 0. The number of aromatic amines is 1. The molecule has 1 aliphatic heterocycles. The number of benzene rings is 2. The molecule has 1 aliphatic rings. The number of aliphatic imine (C=N–C) groups is 1. The number of nitrogens with one attached hydrogen (secondary N) is 1. The Bertz CT molecular complexity index is 867. The minimum absolute atomic E-state index is 0.580. The molecule has 1 atom stereocenters. The van der Waals surface area contributed by atoms with E-state index in [0.717, 1.165) is 31.0 Å².